The first-order valence-electron chi connectivity index (χ1n) is 4.55. The van der Waals surface area contributed by atoms with Gasteiger partial charge in [-0.2, -0.15) is 0 Å². The average Bonchev–Trinajstić information content (AvgIpc) is 2.32. The summed E-state index contributed by atoms with van der Waals surface area (Å²) < 4.78 is 5.29. The minimum atomic E-state index is -0.509. The number of nitro benzene ring substituents is 1. The van der Waals surface area contributed by atoms with Crippen LogP contribution >= 0.6 is 11.6 Å². The van der Waals surface area contributed by atoms with Crippen molar-refractivity contribution in [3.8, 4) is 11.6 Å². The Hall–Kier alpha value is -2.21. The van der Waals surface area contributed by atoms with Crippen LogP contribution in [0.5, 0.6) is 11.6 Å². The average molecular weight is 252 g/mol. The Morgan fingerprint density at radius 2 is 2.06 bits per heavy atom. The molecule has 2 aromatic rings. The lowest BCUT2D eigenvalue weighted by Crippen LogP contribution is -1.92. The monoisotopic (exact) mass is 251 g/mol. The van der Waals surface area contributed by atoms with E-state index in [1.54, 1.807) is 6.07 Å². The smallest absolute Gasteiger partial charge is 0.273 e. The van der Waals surface area contributed by atoms with Crippen LogP contribution < -0.4 is 4.74 Å². The fraction of sp³-hybridized carbons (Fsp3) is 0. The molecule has 1 aromatic carbocycles. The Morgan fingerprint density at radius 3 is 2.76 bits per heavy atom. The van der Waals surface area contributed by atoms with Gasteiger partial charge in [0.25, 0.3) is 11.6 Å². The van der Waals surface area contributed by atoms with E-state index in [2.05, 4.69) is 9.97 Å². The molecule has 86 valence electrons. The molecule has 6 nitrogen and oxygen atoms in total. The molecule has 0 unspecified atom stereocenters. The van der Waals surface area contributed by atoms with E-state index >= 15 is 0 Å². The van der Waals surface area contributed by atoms with E-state index in [4.69, 9.17) is 16.3 Å². The minimum Gasteiger partial charge on any atom is -0.436 e. The maximum absolute atomic E-state index is 10.6. The summed E-state index contributed by atoms with van der Waals surface area (Å²) in [7, 11) is 0. The number of rotatable bonds is 3. The Kier molecular flexibility index (Phi) is 3.15. The van der Waals surface area contributed by atoms with Crippen LogP contribution in [0, 0.1) is 10.1 Å². The molecule has 0 spiro atoms. The first-order valence-corrected chi connectivity index (χ1v) is 4.93. The topological polar surface area (TPSA) is 78.2 Å². The normalized spacial score (nSPS) is 9.94. The van der Waals surface area contributed by atoms with Crippen molar-refractivity contribution in [1.82, 2.24) is 9.97 Å². The quantitative estimate of drug-likeness (QED) is 0.619. The molecule has 0 fully saturated rings. The van der Waals surface area contributed by atoms with Crippen molar-refractivity contribution < 1.29 is 9.66 Å². The maximum Gasteiger partial charge on any atom is 0.273 e. The third kappa shape index (κ3) is 2.67. The highest BCUT2D eigenvalue weighted by atomic mass is 35.5. The highest BCUT2D eigenvalue weighted by Gasteiger charge is 2.09. The van der Waals surface area contributed by atoms with Crippen molar-refractivity contribution in [2.24, 2.45) is 0 Å². The van der Waals surface area contributed by atoms with E-state index in [1.165, 1.54) is 30.6 Å². The Labute approximate surface area is 101 Å². The van der Waals surface area contributed by atoms with E-state index in [0.29, 0.717) is 0 Å². The summed E-state index contributed by atoms with van der Waals surface area (Å²) in [5.74, 6) is 0.385. The molecule has 0 N–H and O–H groups in total. The zero-order valence-electron chi connectivity index (χ0n) is 8.41. The molecule has 0 amide bonds. The lowest BCUT2D eigenvalue weighted by molar-refractivity contribution is -0.384. The van der Waals surface area contributed by atoms with Crippen LogP contribution in [0.15, 0.2) is 36.7 Å². The van der Waals surface area contributed by atoms with Gasteiger partial charge in [-0.1, -0.05) is 17.7 Å². The Bertz CT molecular complexity index is 562. The fourth-order valence-electron chi connectivity index (χ4n) is 1.15. The van der Waals surface area contributed by atoms with Gasteiger partial charge in [0.15, 0.2) is 5.15 Å². The first-order chi connectivity index (χ1) is 8.16. The van der Waals surface area contributed by atoms with Gasteiger partial charge in [-0.15, -0.1) is 0 Å². The fourth-order valence-corrected chi connectivity index (χ4v) is 1.29. The predicted octanol–water partition coefficient (Wildman–Crippen LogP) is 2.83. The van der Waals surface area contributed by atoms with Crippen LogP contribution in [0.2, 0.25) is 5.15 Å². The second kappa shape index (κ2) is 4.75. The molecule has 0 radical (unpaired) electrons. The molecule has 2 rings (SSSR count). The van der Waals surface area contributed by atoms with Gasteiger partial charge >= 0.3 is 0 Å². The summed E-state index contributed by atoms with van der Waals surface area (Å²) >= 11 is 5.74. The molecule has 0 aliphatic heterocycles. The molecule has 0 aliphatic carbocycles. The molecule has 0 atom stereocenters. The molecule has 1 heterocycles. The molecule has 0 saturated heterocycles. The third-order valence-corrected chi connectivity index (χ3v) is 2.13. The maximum atomic E-state index is 10.6. The number of benzene rings is 1. The van der Waals surface area contributed by atoms with Gasteiger partial charge < -0.3 is 4.74 Å². The van der Waals surface area contributed by atoms with Gasteiger partial charge in [-0.25, -0.2) is 9.97 Å². The van der Waals surface area contributed by atoms with E-state index < -0.39 is 4.92 Å². The summed E-state index contributed by atoms with van der Waals surface area (Å²) in [6, 6.07) is 5.73. The molecule has 0 saturated carbocycles. The number of aromatic nitrogens is 2. The summed E-state index contributed by atoms with van der Waals surface area (Å²) in [5, 5.41) is 10.7. The van der Waals surface area contributed by atoms with Crippen molar-refractivity contribution >= 4 is 17.3 Å². The number of hydrogen-bond acceptors (Lipinski definition) is 5. The lowest BCUT2D eigenvalue weighted by Gasteiger charge is -2.04. The highest BCUT2D eigenvalue weighted by Crippen LogP contribution is 2.27. The van der Waals surface area contributed by atoms with Gasteiger partial charge in [0.1, 0.15) is 5.75 Å². The van der Waals surface area contributed by atoms with Gasteiger partial charge in [0.05, 0.1) is 11.0 Å². The van der Waals surface area contributed by atoms with Crippen molar-refractivity contribution in [3.05, 3.63) is 51.9 Å². The number of halogens is 1. The van der Waals surface area contributed by atoms with Gasteiger partial charge in [0, 0.05) is 18.5 Å². The predicted molar refractivity (Wildman–Crippen MR) is 60.2 cm³/mol. The Balaban J connectivity index is 2.28. The summed E-state index contributed by atoms with van der Waals surface area (Å²) in [4.78, 5) is 17.7. The van der Waals surface area contributed by atoms with E-state index in [1.807, 2.05) is 0 Å². The number of hydrogen-bond donors (Lipinski definition) is 0. The first kappa shape index (κ1) is 11.3. The molecule has 0 bridgehead atoms. The summed E-state index contributed by atoms with van der Waals surface area (Å²) in [6.45, 7) is 0. The zero-order chi connectivity index (χ0) is 12.3. The number of nitro groups is 1. The van der Waals surface area contributed by atoms with Crippen LogP contribution in [0.4, 0.5) is 5.69 Å². The van der Waals surface area contributed by atoms with Crippen LogP contribution in [0.25, 0.3) is 0 Å². The SMILES string of the molecule is O=[N+]([O-])c1cccc(Oc2nccnc2Cl)c1. The number of non-ortho nitro benzene ring substituents is 1. The summed E-state index contributed by atoms with van der Waals surface area (Å²) in [6.07, 6.45) is 2.83. The van der Waals surface area contributed by atoms with Crippen LogP contribution in [0.3, 0.4) is 0 Å². The molecule has 0 aliphatic rings. The van der Waals surface area contributed by atoms with Crippen molar-refractivity contribution in [2.45, 2.75) is 0 Å². The molecule has 17 heavy (non-hydrogen) atoms. The largest absolute Gasteiger partial charge is 0.436 e. The second-order valence-corrected chi connectivity index (χ2v) is 3.37. The highest BCUT2D eigenvalue weighted by molar-refractivity contribution is 6.30. The lowest BCUT2D eigenvalue weighted by atomic mass is 10.3. The molecular formula is C10H6ClN3O3. The van der Waals surface area contributed by atoms with Crippen molar-refractivity contribution in [3.63, 3.8) is 0 Å². The van der Waals surface area contributed by atoms with Crippen molar-refractivity contribution in [2.75, 3.05) is 0 Å². The molecular weight excluding hydrogens is 246 g/mol. The molecule has 7 heteroatoms. The van der Waals surface area contributed by atoms with Crippen LogP contribution in [-0.4, -0.2) is 14.9 Å². The van der Waals surface area contributed by atoms with E-state index in [9.17, 15) is 10.1 Å². The van der Waals surface area contributed by atoms with Crippen LogP contribution in [0.1, 0.15) is 0 Å². The standard InChI is InChI=1S/C10H6ClN3O3/c11-9-10(13-5-4-12-9)17-8-3-1-2-7(6-8)14(15)16/h1-6H. The number of nitrogens with zero attached hydrogens (tertiary/aromatic N) is 3. The van der Waals surface area contributed by atoms with Gasteiger partial charge in [-0.3, -0.25) is 10.1 Å². The Morgan fingerprint density at radius 1 is 1.29 bits per heavy atom. The van der Waals surface area contributed by atoms with E-state index in [0.717, 1.165) is 0 Å². The number of ether oxygens (including phenoxy) is 1. The van der Waals surface area contributed by atoms with Crippen LogP contribution in [-0.2, 0) is 0 Å². The zero-order valence-corrected chi connectivity index (χ0v) is 9.16. The van der Waals surface area contributed by atoms with Crippen molar-refractivity contribution in [1.29, 1.82) is 0 Å². The second-order valence-electron chi connectivity index (χ2n) is 3.01. The van der Waals surface area contributed by atoms with Gasteiger partial charge in [0.2, 0.25) is 0 Å². The minimum absolute atomic E-state index is 0.0671. The van der Waals surface area contributed by atoms with Gasteiger partial charge in [-0.05, 0) is 6.07 Å². The van der Waals surface area contributed by atoms with E-state index in [-0.39, 0.29) is 22.5 Å². The molecule has 1 aromatic heterocycles. The third-order valence-electron chi connectivity index (χ3n) is 1.87. The summed E-state index contributed by atoms with van der Waals surface area (Å²) in [5.41, 5.74) is -0.0671.